The van der Waals surface area contributed by atoms with Gasteiger partial charge in [-0.25, -0.2) is 4.79 Å². The molecule has 8 heteroatoms. The van der Waals surface area contributed by atoms with Crippen LogP contribution in [0.1, 0.15) is 24.2 Å². The Bertz CT molecular complexity index is 1160. The fourth-order valence-electron chi connectivity index (χ4n) is 3.42. The maximum Gasteiger partial charge on any atom is 0.341 e. The summed E-state index contributed by atoms with van der Waals surface area (Å²) in [5.74, 6) is -0.695. The molecule has 0 saturated heterocycles. The predicted octanol–water partition coefficient (Wildman–Crippen LogP) is 4.34. The van der Waals surface area contributed by atoms with Crippen molar-refractivity contribution in [3.05, 3.63) is 66.2 Å². The van der Waals surface area contributed by atoms with Gasteiger partial charge in [0, 0.05) is 4.88 Å². The molecule has 0 spiro atoms. The van der Waals surface area contributed by atoms with E-state index in [1.54, 1.807) is 38.1 Å². The topological polar surface area (TPSA) is 84.9 Å². The predicted molar refractivity (Wildman–Crippen MR) is 123 cm³/mol. The summed E-state index contributed by atoms with van der Waals surface area (Å²) in [6, 6.07) is 18.4. The minimum Gasteiger partial charge on any atom is -0.479 e. The third-order valence-corrected chi connectivity index (χ3v) is 6.01. The molecule has 0 radical (unpaired) electrons. The van der Waals surface area contributed by atoms with E-state index in [0.29, 0.717) is 16.4 Å². The van der Waals surface area contributed by atoms with Crippen LogP contribution < -0.4 is 15.0 Å². The summed E-state index contributed by atoms with van der Waals surface area (Å²) in [6.07, 6.45) is -0.695. The molecule has 1 atom stereocenters. The summed E-state index contributed by atoms with van der Waals surface area (Å²) < 4.78 is 10.8. The first kappa shape index (κ1) is 21.6. The number of hydrogen-bond acceptors (Lipinski definition) is 6. The van der Waals surface area contributed by atoms with Crippen LogP contribution in [-0.4, -0.2) is 37.0 Å². The molecule has 4 rings (SSSR count). The van der Waals surface area contributed by atoms with Crippen molar-refractivity contribution < 1.29 is 23.9 Å². The largest absolute Gasteiger partial charge is 0.479 e. The van der Waals surface area contributed by atoms with Crippen LogP contribution in [0.15, 0.2) is 60.7 Å². The molecule has 1 unspecified atom stereocenters. The number of benzene rings is 2. The van der Waals surface area contributed by atoms with E-state index in [-0.39, 0.29) is 24.6 Å². The van der Waals surface area contributed by atoms with Gasteiger partial charge in [-0.3, -0.25) is 14.5 Å². The molecule has 2 amide bonds. The van der Waals surface area contributed by atoms with E-state index in [1.165, 1.54) is 16.2 Å². The lowest BCUT2D eigenvalue weighted by molar-refractivity contribution is -0.127. The average Bonchev–Trinajstić information content (AvgIpc) is 3.21. The highest BCUT2D eigenvalue weighted by Gasteiger charge is 2.33. The van der Waals surface area contributed by atoms with E-state index in [1.807, 2.05) is 36.4 Å². The van der Waals surface area contributed by atoms with Gasteiger partial charge in [0.2, 0.25) is 5.91 Å². The number of rotatable bonds is 6. The van der Waals surface area contributed by atoms with Gasteiger partial charge in [0.15, 0.2) is 6.10 Å². The second-order valence-corrected chi connectivity index (χ2v) is 8.19. The Kier molecular flexibility index (Phi) is 6.23. The standard InChI is InChI=1S/C24H22N2O5S/c1-3-30-24(29)17-13-20(16-9-5-4-6-10-16)32-22(17)25-21(27)14-26-18-11-7-8-12-19(18)31-15(2)23(26)28/h4-13,15H,3,14H2,1-2H3,(H,25,27). The number of thiophene rings is 1. The first-order valence-electron chi connectivity index (χ1n) is 10.2. The van der Waals surface area contributed by atoms with Crippen molar-refractivity contribution >= 4 is 39.8 Å². The monoisotopic (exact) mass is 450 g/mol. The number of anilines is 2. The fraction of sp³-hybridized carbons (Fsp3) is 0.208. The van der Waals surface area contributed by atoms with E-state index in [0.717, 1.165) is 10.4 Å². The Morgan fingerprint density at radius 2 is 1.84 bits per heavy atom. The molecule has 0 bridgehead atoms. The van der Waals surface area contributed by atoms with Gasteiger partial charge < -0.3 is 14.8 Å². The van der Waals surface area contributed by atoms with Gasteiger partial charge in [-0.15, -0.1) is 11.3 Å². The zero-order valence-corrected chi connectivity index (χ0v) is 18.5. The first-order chi connectivity index (χ1) is 15.5. The normalized spacial score (nSPS) is 15.0. The summed E-state index contributed by atoms with van der Waals surface area (Å²) in [4.78, 5) is 40.3. The molecule has 2 heterocycles. The van der Waals surface area contributed by atoms with Crippen molar-refractivity contribution in [2.75, 3.05) is 23.4 Å². The lowest BCUT2D eigenvalue weighted by atomic mass is 10.1. The molecule has 3 aromatic rings. The molecule has 0 fully saturated rings. The lowest BCUT2D eigenvalue weighted by Gasteiger charge is -2.32. The van der Waals surface area contributed by atoms with E-state index >= 15 is 0 Å². The van der Waals surface area contributed by atoms with Crippen molar-refractivity contribution in [3.8, 4) is 16.2 Å². The van der Waals surface area contributed by atoms with Crippen LogP contribution in [0.5, 0.6) is 5.75 Å². The number of carbonyl (C=O) groups is 3. The Balaban J connectivity index is 1.59. The molecule has 0 saturated carbocycles. The SMILES string of the molecule is CCOC(=O)c1cc(-c2ccccc2)sc1NC(=O)CN1C(=O)C(C)Oc2ccccc21. The second-order valence-electron chi connectivity index (χ2n) is 7.14. The highest BCUT2D eigenvalue weighted by atomic mass is 32.1. The fourth-order valence-corrected chi connectivity index (χ4v) is 4.49. The van der Waals surface area contributed by atoms with Crippen LogP contribution >= 0.6 is 11.3 Å². The maximum atomic E-state index is 12.9. The second kappa shape index (κ2) is 9.23. The van der Waals surface area contributed by atoms with Crippen molar-refractivity contribution in [2.45, 2.75) is 20.0 Å². The highest BCUT2D eigenvalue weighted by molar-refractivity contribution is 7.20. The van der Waals surface area contributed by atoms with Gasteiger partial charge in [-0.05, 0) is 37.6 Å². The van der Waals surface area contributed by atoms with Gasteiger partial charge >= 0.3 is 5.97 Å². The maximum absolute atomic E-state index is 12.9. The molecule has 1 aliphatic rings. The first-order valence-corrected chi connectivity index (χ1v) is 11.0. The minimum absolute atomic E-state index is 0.204. The number of esters is 1. The van der Waals surface area contributed by atoms with E-state index < -0.39 is 18.0 Å². The van der Waals surface area contributed by atoms with Crippen LogP contribution in [-0.2, 0) is 14.3 Å². The molecule has 7 nitrogen and oxygen atoms in total. The Labute approximate surface area is 189 Å². The van der Waals surface area contributed by atoms with Crippen LogP contribution in [0, 0.1) is 0 Å². The quantitative estimate of drug-likeness (QED) is 0.565. The molecular weight excluding hydrogens is 428 g/mol. The van der Waals surface area contributed by atoms with Gasteiger partial charge in [0.25, 0.3) is 5.91 Å². The minimum atomic E-state index is -0.695. The molecule has 1 aliphatic heterocycles. The number of carbonyl (C=O) groups excluding carboxylic acids is 3. The average molecular weight is 451 g/mol. The molecule has 164 valence electrons. The summed E-state index contributed by atoms with van der Waals surface area (Å²) in [6.45, 7) is 3.39. The number of nitrogens with zero attached hydrogens (tertiary/aromatic N) is 1. The number of hydrogen-bond donors (Lipinski definition) is 1. The summed E-state index contributed by atoms with van der Waals surface area (Å²) in [7, 11) is 0. The highest BCUT2D eigenvalue weighted by Crippen LogP contribution is 2.37. The molecule has 1 N–H and O–H groups in total. The lowest BCUT2D eigenvalue weighted by Crippen LogP contribution is -2.47. The number of ether oxygens (including phenoxy) is 2. The molecule has 0 aliphatic carbocycles. The van der Waals surface area contributed by atoms with Crippen molar-refractivity contribution in [3.63, 3.8) is 0 Å². The molecular formula is C24H22N2O5S. The zero-order valence-electron chi connectivity index (χ0n) is 17.7. The van der Waals surface area contributed by atoms with E-state index in [9.17, 15) is 14.4 Å². The Morgan fingerprint density at radius 3 is 2.59 bits per heavy atom. The smallest absolute Gasteiger partial charge is 0.341 e. The zero-order chi connectivity index (χ0) is 22.7. The van der Waals surface area contributed by atoms with Crippen LogP contribution in [0.25, 0.3) is 10.4 Å². The molecule has 2 aromatic carbocycles. The van der Waals surface area contributed by atoms with Gasteiger partial charge in [-0.1, -0.05) is 42.5 Å². The number of para-hydroxylation sites is 2. The van der Waals surface area contributed by atoms with Crippen LogP contribution in [0.2, 0.25) is 0 Å². The van der Waals surface area contributed by atoms with Gasteiger partial charge in [0.1, 0.15) is 17.3 Å². The Morgan fingerprint density at radius 1 is 1.12 bits per heavy atom. The summed E-state index contributed by atoms with van der Waals surface area (Å²) >= 11 is 1.28. The molecule has 32 heavy (non-hydrogen) atoms. The number of amides is 2. The third-order valence-electron chi connectivity index (χ3n) is 4.91. The Hall–Kier alpha value is -3.65. The van der Waals surface area contributed by atoms with E-state index in [2.05, 4.69) is 5.32 Å². The third kappa shape index (κ3) is 4.36. The van der Waals surface area contributed by atoms with Crippen LogP contribution in [0.4, 0.5) is 10.7 Å². The summed E-state index contributed by atoms with van der Waals surface area (Å²) in [5.41, 5.74) is 1.74. The number of nitrogens with one attached hydrogen (secondary N) is 1. The van der Waals surface area contributed by atoms with Gasteiger partial charge in [0.05, 0.1) is 17.9 Å². The van der Waals surface area contributed by atoms with Gasteiger partial charge in [-0.2, -0.15) is 0 Å². The van der Waals surface area contributed by atoms with Crippen molar-refractivity contribution in [1.82, 2.24) is 0 Å². The number of fused-ring (bicyclic) bond motifs is 1. The van der Waals surface area contributed by atoms with E-state index in [4.69, 9.17) is 9.47 Å². The van der Waals surface area contributed by atoms with Crippen molar-refractivity contribution in [2.24, 2.45) is 0 Å². The van der Waals surface area contributed by atoms with Crippen molar-refractivity contribution in [1.29, 1.82) is 0 Å². The molecule has 1 aromatic heterocycles. The van der Waals surface area contributed by atoms with Crippen LogP contribution in [0.3, 0.4) is 0 Å². The summed E-state index contributed by atoms with van der Waals surface area (Å²) in [5, 5.41) is 3.18.